The van der Waals surface area contributed by atoms with Gasteiger partial charge in [0.2, 0.25) is 0 Å². The van der Waals surface area contributed by atoms with Gasteiger partial charge < -0.3 is 9.64 Å². The molecule has 0 saturated carbocycles. The number of nitrogens with zero attached hydrogens (tertiary/aromatic N) is 1. The van der Waals surface area contributed by atoms with E-state index in [1.165, 1.54) is 12.8 Å². The molecule has 1 heterocycles. The molecule has 1 aliphatic heterocycles. The third-order valence-corrected chi connectivity index (χ3v) is 6.79. The predicted molar refractivity (Wildman–Crippen MR) is 108 cm³/mol. The highest BCUT2D eigenvalue weighted by Crippen LogP contribution is 2.21. The molecule has 3 rings (SSSR count). The maximum absolute atomic E-state index is 12.7. The summed E-state index contributed by atoms with van der Waals surface area (Å²) in [5, 5.41) is 0. The molecule has 0 aliphatic carbocycles. The van der Waals surface area contributed by atoms with Gasteiger partial charge in [-0.3, -0.25) is 0 Å². The van der Waals surface area contributed by atoms with Crippen LogP contribution in [0.5, 0.6) is 0 Å². The van der Waals surface area contributed by atoms with Crippen molar-refractivity contribution < 1.29 is 13.2 Å². The van der Waals surface area contributed by atoms with Gasteiger partial charge in [0.25, 0.3) is 0 Å². The Labute approximate surface area is 163 Å². The van der Waals surface area contributed by atoms with Gasteiger partial charge in [-0.1, -0.05) is 42.5 Å². The van der Waals surface area contributed by atoms with E-state index in [0.29, 0.717) is 11.0 Å². The standard InChI is InChI=1S/C22H29NO3S/c1-23(15-14-21-11-7-8-16-26-21)17-19-9-5-6-10-20(19)18-27(24,25)22-12-3-2-4-13-22/h2-6,9-10,12-13,21H,7-8,11,14-18H2,1H3. The van der Waals surface area contributed by atoms with Gasteiger partial charge in [0.1, 0.15) is 0 Å². The fraction of sp³-hybridized carbons (Fsp3) is 0.455. The van der Waals surface area contributed by atoms with Crippen molar-refractivity contribution in [3.05, 3.63) is 65.7 Å². The van der Waals surface area contributed by atoms with Crippen LogP contribution < -0.4 is 0 Å². The SMILES string of the molecule is CN(CCC1CCCCO1)Cc1ccccc1CS(=O)(=O)c1ccccc1. The molecule has 146 valence electrons. The van der Waals surface area contributed by atoms with Crippen LogP contribution in [0.4, 0.5) is 0 Å². The minimum absolute atomic E-state index is 0.0345. The van der Waals surface area contributed by atoms with Crippen molar-refractivity contribution in [2.24, 2.45) is 0 Å². The van der Waals surface area contributed by atoms with Crippen LogP contribution >= 0.6 is 0 Å². The monoisotopic (exact) mass is 387 g/mol. The summed E-state index contributed by atoms with van der Waals surface area (Å²) in [6, 6.07) is 16.5. The molecule has 0 spiro atoms. The summed E-state index contributed by atoms with van der Waals surface area (Å²) in [4.78, 5) is 2.63. The quantitative estimate of drug-likeness (QED) is 0.685. The number of hydrogen-bond donors (Lipinski definition) is 0. The summed E-state index contributed by atoms with van der Waals surface area (Å²) in [5.41, 5.74) is 1.95. The Kier molecular flexibility index (Phi) is 7.05. The van der Waals surface area contributed by atoms with Gasteiger partial charge in [-0.15, -0.1) is 0 Å². The molecule has 1 unspecified atom stereocenters. The van der Waals surface area contributed by atoms with Crippen LogP contribution in [0.25, 0.3) is 0 Å². The van der Waals surface area contributed by atoms with Gasteiger partial charge in [-0.05, 0) is 56.0 Å². The lowest BCUT2D eigenvalue weighted by Gasteiger charge is -2.25. The van der Waals surface area contributed by atoms with E-state index in [0.717, 1.165) is 43.7 Å². The zero-order chi connectivity index (χ0) is 19.1. The maximum atomic E-state index is 12.7. The van der Waals surface area contributed by atoms with E-state index in [-0.39, 0.29) is 5.75 Å². The highest BCUT2D eigenvalue weighted by molar-refractivity contribution is 7.90. The van der Waals surface area contributed by atoms with Gasteiger partial charge >= 0.3 is 0 Å². The lowest BCUT2D eigenvalue weighted by molar-refractivity contribution is 0.00640. The van der Waals surface area contributed by atoms with E-state index >= 15 is 0 Å². The third-order valence-electron chi connectivity index (χ3n) is 5.11. The summed E-state index contributed by atoms with van der Waals surface area (Å²) in [5.74, 6) is 0.0345. The number of rotatable bonds is 8. The summed E-state index contributed by atoms with van der Waals surface area (Å²) >= 11 is 0. The normalized spacial score (nSPS) is 17.9. The first kappa shape index (κ1) is 20.1. The van der Waals surface area contributed by atoms with Crippen molar-refractivity contribution in [3.8, 4) is 0 Å². The highest BCUT2D eigenvalue weighted by atomic mass is 32.2. The molecular formula is C22H29NO3S. The summed E-state index contributed by atoms with van der Waals surface area (Å²) in [6.45, 7) is 2.58. The smallest absolute Gasteiger partial charge is 0.182 e. The van der Waals surface area contributed by atoms with Crippen molar-refractivity contribution >= 4 is 9.84 Å². The molecule has 0 bridgehead atoms. The molecule has 0 amide bonds. The highest BCUT2D eigenvalue weighted by Gasteiger charge is 2.18. The molecule has 1 aliphatic rings. The van der Waals surface area contributed by atoms with Crippen LogP contribution in [0.2, 0.25) is 0 Å². The molecule has 2 aromatic rings. The molecule has 0 N–H and O–H groups in total. The minimum atomic E-state index is -3.34. The molecule has 1 saturated heterocycles. The third kappa shape index (κ3) is 5.89. The first-order valence-electron chi connectivity index (χ1n) is 9.69. The number of sulfone groups is 1. The van der Waals surface area contributed by atoms with E-state index < -0.39 is 9.84 Å². The Morgan fingerprint density at radius 2 is 1.70 bits per heavy atom. The molecule has 0 radical (unpaired) electrons. The average Bonchev–Trinajstić information content (AvgIpc) is 2.69. The molecule has 1 atom stereocenters. The van der Waals surface area contributed by atoms with Crippen molar-refractivity contribution in [1.82, 2.24) is 4.90 Å². The predicted octanol–water partition coefficient (Wildman–Crippen LogP) is 4.05. The molecule has 5 heteroatoms. The van der Waals surface area contributed by atoms with Gasteiger partial charge in [0.05, 0.1) is 16.8 Å². The van der Waals surface area contributed by atoms with Gasteiger partial charge in [-0.2, -0.15) is 0 Å². The summed E-state index contributed by atoms with van der Waals surface area (Å²) in [7, 11) is -1.25. The Morgan fingerprint density at radius 3 is 2.41 bits per heavy atom. The topological polar surface area (TPSA) is 46.6 Å². The summed E-state index contributed by atoms with van der Waals surface area (Å²) in [6.07, 6.45) is 4.99. The Balaban J connectivity index is 1.63. The van der Waals surface area contributed by atoms with Crippen LogP contribution in [0.1, 0.15) is 36.8 Å². The van der Waals surface area contributed by atoms with Crippen molar-refractivity contribution in [2.75, 3.05) is 20.2 Å². The fourth-order valence-electron chi connectivity index (χ4n) is 3.54. The Hall–Kier alpha value is -1.69. The van der Waals surface area contributed by atoms with Crippen LogP contribution in [0.15, 0.2) is 59.5 Å². The van der Waals surface area contributed by atoms with Gasteiger partial charge in [0, 0.05) is 19.7 Å². The minimum Gasteiger partial charge on any atom is -0.378 e. The lowest BCUT2D eigenvalue weighted by Crippen LogP contribution is -2.27. The number of ether oxygens (including phenoxy) is 1. The van der Waals surface area contributed by atoms with Gasteiger partial charge in [-0.25, -0.2) is 8.42 Å². The van der Waals surface area contributed by atoms with E-state index in [1.54, 1.807) is 24.3 Å². The van der Waals surface area contributed by atoms with Crippen molar-refractivity contribution in [2.45, 2.75) is 49.0 Å². The molecule has 2 aromatic carbocycles. The molecular weight excluding hydrogens is 358 g/mol. The van der Waals surface area contributed by atoms with E-state index in [2.05, 4.69) is 11.9 Å². The molecule has 1 fully saturated rings. The van der Waals surface area contributed by atoms with E-state index in [4.69, 9.17) is 4.74 Å². The largest absolute Gasteiger partial charge is 0.378 e. The molecule has 4 nitrogen and oxygen atoms in total. The maximum Gasteiger partial charge on any atom is 0.182 e. The van der Waals surface area contributed by atoms with Crippen LogP contribution in [-0.4, -0.2) is 39.6 Å². The van der Waals surface area contributed by atoms with Crippen molar-refractivity contribution in [3.63, 3.8) is 0 Å². The van der Waals surface area contributed by atoms with E-state index in [9.17, 15) is 8.42 Å². The Morgan fingerprint density at radius 1 is 1.00 bits per heavy atom. The Bertz CT molecular complexity index is 814. The zero-order valence-corrected chi connectivity index (χ0v) is 16.8. The van der Waals surface area contributed by atoms with Crippen molar-refractivity contribution in [1.29, 1.82) is 0 Å². The first-order valence-corrected chi connectivity index (χ1v) is 11.3. The second-order valence-electron chi connectivity index (χ2n) is 7.36. The number of hydrogen-bond acceptors (Lipinski definition) is 4. The fourth-order valence-corrected chi connectivity index (χ4v) is 4.97. The lowest BCUT2D eigenvalue weighted by atomic mass is 10.1. The second-order valence-corrected chi connectivity index (χ2v) is 9.35. The number of benzene rings is 2. The van der Waals surface area contributed by atoms with E-state index in [1.807, 2.05) is 30.3 Å². The van der Waals surface area contributed by atoms with Crippen LogP contribution in [0, 0.1) is 0 Å². The first-order chi connectivity index (χ1) is 13.0. The van der Waals surface area contributed by atoms with Gasteiger partial charge in [0.15, 0.2) is 9.84 Å². The average molecular weight is 388 g/mol. The zero-order valence-electron chi connectivity index (χ0n) is 16.0. The molecule has 0 aromatic heterocycles. The summed E-state index contributed by atoms with van der Waals surface area (Å²) < 4.78 is 31.3. The molecule has 27 heavy (non-hydrogen) atoms. The second kappa shape index (κ2) is 9.49. The van der Waals surface area contributed by atoms with Crippen LogP contribution in [0.3, 0.4) is 0 Å². The van der Waals surface area contributed by atoms with Crippen LogP contribution in [-0.2, 0) is 26.9 Å².